The van der Waals surface area contributed by atoms with Gasteiger partial charge in [0.05, 0.1) is 12.1 Å². The van der Waals surface area contributed by atoms with Gasteiger partial charge in [0.1, 0.15) is 11.9 Å². The number of carbonyl (C=O) groups is 1. The lowest BCUT2D eigenvalue weighted by Gasteiger charge is -2.35. The highest BCUT2D eigenvalue weighted by atomic mass is 16.5. The van der Waals surface area contributed by atoms with Crippen LogP contribution >= 0.6 is 0 Å². The quantitative estimate of drug-likeness (QED) is 0.614. The molecular formula is C26H31N3O3. The fraction of sp³-hybridized carbons (Fsp3) is 0.385. The molecule has 0 unspecified atom stereocenters. The minimum absolute atomic E-state index is 0.0203. The summed E-state index contributed by atoms with van der Waals surface area (Å²) in [5.74, 6) is 0.656. The van der Waals surface area contributed by atoms with Crippen molar-refractivity contribution in [2.24, 2.45) is 5.92 Å². The molecule has 0 saturated carbocycles. The van der Waals surface area contributed by atoms with Gasteiger partial charge in [0.15, 0.2) is 0 Å². The number of rotatable bonds is 7. The van der Waals surface area contributed by atoms with E-state index in [1.165, 1.54) is 0 Å². The molecule has 4 rings (SSSR count). The van der Waals surface area contributed by atoms with Crippen LogP contribution in [0.15, 0.2) is 60.8 Å². The van der Waals surface area contributed by atoms with Gasteiger partial charge in [-0.1, -0.05) is 44.2 Å². The second-order valence-electron chi connectivity index (χ2n) is 8.87. The molecule has 1 aliphatic heterocycles. The Kier molecular flexibility index (Phi) is 7.02. The number of phenolic OH excluding ortho intramolecular Hbond substituents is 1. The molecule has 6 heteroatoms. The van der Waals surface area contributed by atoms with Crippen LogP contribution in [0.2, 0.25) is 0 Å². The first-order valence-corrected chi connectivity index (χ1v) is 11.2. The molecule has 0 spiro atoms. The summed E-state index contributed by atoms with van der Waals surface area (Å²) in [7, 11) is 0. The molecule has 2 aromatic carbocycles. The summed E-state index contributed by atoms with van der Waals surface area (Å²) in [5, 5.41) is 11.2. The Hall–Kier alpha value is -2.96. The van der Waals surface area contributed by atoms with E-state index in [1.54, 1.807) is 12.3 Å². The van der Waals surface area contributed by atoms with Gasteiger partial charge in [0.25, 0.3) is 5.91 Å². The average Bonchev–Trinajstić information content (AvgIpc) is 2.79. The van der Waals surface area contributed by atoms with Gasteiger partial charge in [-0.25, -0.2) is 0 Å². The highest BCUT2D eigenvalue weighted by molar-refractivity contribution is 5.82. The van der Waals surface area contributed by atoms with E-state index in [0.717, 1.165) is 28.6 Å². The van der Waals surface area contributed by atoms with E-state index in [-0.39, 0.29) is 11.7 Å². The van der Waals surface area contributed by atoms with E-state index >= 15 is 0 Å². The number of carbonyl (C=O) groups excluding carboxylic acids is 1. The van der Waals surface area contributed by atoms with E-state index in [0.29, 0.717) is 38.7 Å². The Labute approximate surface area is 189 Å². The number of aromatic hydroxyl groups is 1. The smallest absolute Gasteiger partial charge is 0.253 e. The number of pyridine rings is 1. The Morgan fingerprint density at radius 3 is 2.88 bits per heavy atom. The third kappa shape index (κ3) is 5.44. The van der Waals surface area contributed by atoms with Crippen LogP contribution in [0, 0.1) is 5.92 Å². The first kappa shape index (κ1) is 22.2. The van der Waals surface area contributed by atoms with Crippen LogP contribution in [0.1, 0.15) is 25.0 Å². The Balaban J connectivity index is 1.47. The Morgan fingerprint density at radius 2 is 2.06 bits per heavy atom. The molecule has 0 aliphatic carbocycles. The first-order chi connectivity index (χ1) is 15.5. The van der Waals surface area contributed by atoms with Crippen LogP contribution in [-0.4, -0.2) is 58.1 Å². The molecule has 3 aromatic rings. The topological polar surface area (TPSA) is 65.9 Å². The maximum absolute atomic E-state index is 13.5. The number of para-hydroxylation sites is 1. The molecule has 1 saturated heterocycles. The third-order valence-corrected chi connectivity index (χ3v) is 5.75. The van der Waals surface area contributed by atoms with E-state index in [4.69, 9.17) is 4.74 Å². The highest BCUT2D eigenvalue weighted by Gasteiger charge is 2.31. The molecule has 1 aliphatic rings. The van der Waals surface area contributed by atoms with Crippen molar-refractivity contribution in [2.75, 3.05) is 26.2 Å². The average molecular weight is 434 g/mol. The fourth-order valence-corrected chi connectivity index (χ4v) is 4.20. The molecule has 1 aromatic heterocycles. The van der Waals surface area contributed by atoms with Gasteiger partial charge in [-0.3, -0.25) is 14.7 Å². The van der Waals surface area contributed by atoms with Gasteiger partial charge in [-0.05, 0) is 35.7 Å². The van der Waals surface area contributed by atoms with E-state index in [1.807, 2.05) is 47.4 Å². The minimum Gasteiger partial charge on any atom is -0.508 e. The van der Waals surface area contributed by atoms with Crippen molar-refractivity contribution in [1.82, 2.24) is 14.8 Å². The molecule has 1 amide bonds. The van der Waals surface area contributed by atoms with Crippen LogP contribution in [0.25, 0.3) is 10.9 Å². The summed E-state index contributed by atoms with van der Waals surface area (Å²) in [6.07, 6.45) is 1.29. The summed E-state index contributed by atoms with van der Waals surface area (Å²) in [6, 6.07) is 17.5. The number of benzene rings is 2. The zero-order valence-electron chi connectivity index (χ0n) is 18.8. The van der Waals surface area contributed by atoms with Crippen LogP contribution < -0.4 is 0 Å². The summed E-state index contributed by atoms with van der Waals surface area (Å²) >= 11 is 0. The van der Waals surface area contributed by atoms with Gasteiger partial charge in [-0.15, -0.1) is 0 Å². The van der Waals surface area contributed by atoms with Crippen molar-refractivity contribution >= 4 is 16.8 Å². The number of aromatic nitrogens is 1. The fourth-order valence-electron chi connectivity index (χ4n) is 4.20. The van der Waals surface area contributed by atoms with Crippen LogP contribution in [0.5, 0.6) is 5.75 Å². The SMILES string of the molecule is CC(C)CN(Cc1ccc2ncccc2c1)C(=O)[C@H]1CN(Cc2ccccc2O)CCO1. The maximum Gasteiger partial charge on any atom is 0.253 e. The molecule has 1 atom stereocenters. The van der Waals surface area contributed by atoms with Crippen molar-refractivity contribution in [3.8, 4) is 5.75 Å². The summed E-state index contributed by atoms with van der Waals surface area (Å²) in [5.41, 5.74) is 2.90. The predicted molar refractivity (Wildman–Crippen MR) is 125 cm³/mol. The number of morpholine rings is 1. The first-order valence-electron chi connectivity index (χ1n) is 11.2. The van der Waals surface area contributed by atoms with Crippen molar-refractivity contribution in [3.05, 3.63) is 71.9 Å². The van der Waals surface area contributed by atoms with E-state index < -0.39 is 6.10 Å². The lowest BCUT2D eigenvalue weighted by atomic mass is 10.1. The Bertz CT molecular complexity index is 1070. The maximum atomic E-state index is 13.5. The normalized spacial score (nSPS) is 17.0. The van der Waals surface area contributed by atoms with Crippen molar-refractivity contribution < 1.29 is 14.6 Å². The van der Waals surface area contributed by atoms with Gasteiger partial charge in [-0.2, -0.15) is 0 Å². The molecule has 0 bridgehead atoms. The lowest BCUT2D eigenvalue weighted by Crippen LogP contribution is -2.51. The zero-order chi connectivity index (χ0) is 22.5. The standard InChI is InChI=1S/C26H31N3O3/c1-19(2)15-29(16-20-9-10-23-21(14-20)7-5-11-27-23)26(31)25-18-28(12-13-32-25)17-22-6-3-4-8-24(22)30/h3-11,14,19,25,30H,12-13,15-18H2,1-2H3/t25-/m1/s1. The monoisotopic (exact) mass is 433 g/mol. The molecule has 2 heterocycles. The predicted octanol–water partition coefficient (Wildman–Crippen LogP) is 3.83. The molecule has 1 N–H and O–H groups in total. The molecule has 1 fully saturated rings. The summed E-state index contributed by atoms with van der Waals surface area (Å²) in [4.78, 5) is 22.0. The van der Waals surface area contributed by atoms with Crippen molar-refractivity contribution in [2.45, 2.75) is 33.0 Å². The number of hydrogen-bond donors (Lipinski definition) is 1. The second kappa shape index (κ2) is 10.1. The van der Waals surface area contributed by atoms with Gasteiger partial charge >= 0.3 is 0 Å². The number of amides is 1. The van der Waals surface area contributed by atoms with Crippen LogP contribution in [0.4, 0.5) is 0 Å². The van der Waals surface area contributed by atoms with Gasteiger partial charge in [0.2, 0.25) is 0 Å². The number of hydrogen-bond acceptors (Lipinski definition) is 5. The summed E-state index contributed by atoms with van der Waals surface area (Å²) < 4.78 is 5.90. The molecule has 6 nitrogen and oxygen atoms in total. The molecule has 168 valence electrons. The lowest BCUT2D eigenvalue weighted by molar-refractivity contribution is -0.151. The molecular weight excluding hydrogens is 402 g/mol. The highest BCUT2D eigenvalue weighted by Crippen LogP contribution is 2.21. The van der Waals surface area contributed by atoms with Crippen LogP contribution in [-0.2, 0) is 22.6 Å². The van der Waals surface area contributed by atoms with Crippen molar-refractivity contribution in [3.63, 3.8) is 0 Å². The van der Waals surface area contributed by atoms with E-state index in [2.05, 4.69) is 29.8 Å². The number of fused-ring (bicyclic) bond motifs is 1. The minimum atomic E-state index is -0.504. The van der Waals surface area contributed by atoms with Gasteiger partial charge < -0.3 is 14.7 Å². The third-order valence-electron chi connectivity index (χ3n) is 5.75. The van der Waals surface area contributed by atoms with Crippen LogP contribution in [0.3, 0.4) is 0 Å². The number of ether oxygens (including phenoxy) is 1. The second-order valence-corrected chi connectivity index (χ2v) is 8.87. The van der Waals surface area contributed by atoms with Gasteiger partial charge in [0, 0.05) is 49.9 Å². The summed E-state index contributed by atoms with van der Waals surface area (Å²) in [6.45, 7) is 7.81. The Morgan fingerprint density at radius 1 is 1.22 bits per heavy atom. The van der Waals surface area contributed by atoms with Crippen molar-refractivity contribution in [1.29, 1.82) is 0 Å². The van der Waals surface area contributed by atoms with E-state index in [9.17, 15) is 9.90 Å². The zero-order valence-corrected chi connectivity index (χ0v) is 18.8. The largest absolute Gasteiger partial charge is 0.508 e. The molecule has 32 heavy (non-hydrogen) atoms. The molecule has 0 radical (unpaired) electrons. The number of nitrogens with zero attached hydrogens (tertiary/aromatic N) is 3. The number of phenols is 1.